The predicted molar refractivity (Wildman–Crippen MR) is 62.0 cm³/mol. The highest BCUT2D eigenvalue weighted by Crippen LogP contribution is 2.24. The van der Waals surface area contributed by atoms with Crippen LogP contribution in [0.5, 0.6) is 0 Å². The molecule has 1 N–H and O–H groups in total. The third kappa shape index (κ3) is 2.26. The quantitative estimate of drug-likeness (QED) is 0.837. The van der Waals surface area contributed by atoms with Crippen molar-refractivity contribution in [2.24, 2.45) is 0 Å². The molecule has 0 saturated carbocycles. The molecule has 1 aliphatic rings. The molecule has 1 aromatic heterocycles. The van der Waals surface area contributed by atoms with Gasteiger partial charge in [0.05, 0.1) is 0 Å². The van der Waals surface area contributed by atoms with E-state index in [0.29, 0.717) is 6.42 Å². The normalized spacial score (nSPS) is 24.8. The molecule has 1 atom stereocenters. The zero-order chi connectivity index (χ0) is 11.6. The molecule has 0 spiro atoms. The topological polar surface area (TPSA) is 46.9 Å². The fourth-order valence-corrected chi connectivity index (χ4v) is 2.31. The summed E-state index contributed by atoms with van der Waals surface area (Å²) < 4.78 is 2.04. The van der Waals surface area contributed by atoms with Gasteiger partial charge in [0.1, 0.15) is 0 Å². The number of hydrogen-bond acceptors (Lipinski definition) is 2. The summed E-state index contributed by atoms with van der Waals surface area (Å²) in [7, 11) is 0. The van der Waals surface area contributed by atoms with Crippen LogP contribution in [0.4, 0.5) is 0 Å². The lowest BCUT2D eigenvalue weighted by Crippen LogP contribution is -2.40. The minimum absolute atomic E-state index is 0.0807. The lowest BCUT2D eigenvalue weighted by atomic mass is 9.94. The third-order valence-electron chi connectivity index (χ3n) is 3.16. The van der Waals surface area contributed by atoms with Gasteiger partial charge in [-0.25, -0.2) is 0 Å². The summed E-state index contributed by atoms with van der Waals surface area (Å²) in [4.78, 5) is 11.3. The van der Waals surface area contributed by atoms with Crippen LogP contribution in [0.25, 0.3) is 0 Å². The minimum Gasteiger partial charge on any atom is -0.351 e. The molecule has 4 nitrogen and oxygen atoms in total. The summed E-state index contributed by atoms with van der Waals surface area (Å²) in [5.74, 6) is 0.170. The zero-order valence-electron chi connectivity index (χ0n) is 9.99. The Bertz CT molecular complexity index is 385. The van der Waals surface area contributed by atoms with Crippen LogP contribution >= 0.6 is 0 Å². The second kappa shape index (κ2) is 4.28. The van der Waals surface area contributed by atoms with Gasteiger partial charge in [-0.15, -0.1) is 0 Å². The number of nitrogens with zero attached hydrogens (tertiary/aromatic N) is 2. The van der Waals surface area contributed by atoms with Crippen molar-refractivity contribution in [2.45, 2.75) is 51.6 Å². The van der Waals surface area contributed by atoms with Gasteiger partial charge < -0.3 is 5.32 Å². The van der Waals surface area contributed by atoms with Crippen molar-refractivity contribution >= 4 is 5.91 Å². The SMILES string of the molecule is CCCn1nccc1CC1(C)CCC(=O)N1. The van der Waals surface area contributed by atoms with E-state index in [1.165, 1.54) is 5.69 Å². The zero-order valence-corrected chi connectivity index (χ0v) is 9.99. The van der Waals surface area contributed by atoms with Gasteiger partial charge in [-0.2, -0.15) is 5.10 Å². The number of nitrogens with one attached hydrogen (secondary N) is 1. The second-order valence-corrected chi connectivity index (χ2v) is 4.83. The Hall–Kier alpha value is -1.32. The molecule has 88 valence electrons. The smallest absolute Gasteiger partial charge is 0.220 e. The maximum atomic E-state index is 11.3. The summed E-state index contributed by atoms with van der Waals surface area (Å²) in [5, 5.41) is 7.36. The molecule has 4 heteroatoms. The number of amides is 1. The van der Waals surface area contributed by atoms with Gasteiger partial charge in [0.2, 0.25) is 5.91 Å². The van der Waals surface area contributed by atoms with Gasteiger partial charge in [0.25, 0.3) is 0 Å². The Labute approximate surface area is 96.0 Å². The van der Waals surface area contributed by atoms with E-state index >= 15 is 0 Å². The summed E-state index contributed by atoms with van der Waals surface area (Å²) >= 11 is 0. The average Bonchev–Trinajstić information content (AvgIpc) is 2.76. The Kier molecular flexibility index (Phi) is 2.99. The lowest BCUT2D eigenvalue weighted by Gasteiger charge is -2.24. The molecule has 16 heavy (non-hydrogen) atoms. The Morgan fingerprint density at radius 2 is 2.44 bits per heavy atom. The van der Waals surface area contributed by atoms with Gasteiger partial charge in [-0.1, -0.05) is 6.92 Å². The monoisotopic (exact) mass is 221 g/mol. The molecular formula is C12H19N3O. The summed E-state index contributed by atoms with van der Waals surface area (Å²) in [5.41, 5.74) is 1.13. The number of aryl methyl sites for hydroxylation is 1. The van der Waals surface area contributed by atoms with Crippen molar-refractivity contribution in [1.82, 2.24) is 15.1 Å². The molecule has 1 unspecified atom stereocenters. The van der Waals surface area contributed by atoms with E-state index < -0.39 is 0 Å². The van der Waals surface area contributed by atoms with E-state index in [-0.39, 0.29) is 11.4 Å². The number of carbonyl (C=O) groups is 1. The minimum atomic E-state index is -0.0807. The molecule has 1 fully saturated rings. The first-order valence-electron chi connectivity index (χ1n) is 5.95. The molecule has 2 rings (SSSR count). The Morgan fingerprint density at radius 1 is 1.62 bits per heavy atom. The van der Waals surface area contributed by atoms with E-state index in [1.54, 1.807) is 0 Å². The maximum Gasteiger partial charge on any atom is 0.220 e. The van der Waals surface area contributed by atoms with Gasteiger partial charge >= 0.3 is 0 Å². The van der Waals surface area contributed by atoms with E-state index in [1.807, 2.05) is 16.9 Å². The molecular weight excluding hydrogens is 202 g/mol. The van der Waals surface area contributed by atoms with Crippen molar-refractivity contribution in [2.75, 3.05) is 0 Å². The molecule has 2 heterocycles. The van der Waals surface area contributed by atoms with Crippen LogP contribution in [0.3, 0.4) is 0 Å². The summed E-state index contributed by atoms with van der Waals surface area (Å²) in [6, 6.07) is 2.05. The summed E-state index contributed by atoms with van der Waals surface area (Å²) in [6.07, 6.45) is 5.36. The standard InChI is InChI=1S/C12H19N3O/c1-3-8-15-10(5-7-13-15)9-12(2)6-4-11(16)14-12/h5,7H,3-4,6,8-9H2,1-2H3,(H,14,16). The number of hydrogen-bond donors (Lipinski definition) is 1. The Balaban J connectivity index is 2.08. The average molecular weight is 221 g/mol. The van der Waals surface area contributed by atoms with Crippen LogP contribution in [0.2, 0.25) is 0 Å². The maximum absolute atomic E-state index is 11.3. The summed E-state index contributed by atoms with van der Waals surface area (Å²) in [6.45, 7) is 5.21. The first-order valence-corrected chi connectivity index (χ1v) is 5.95. The van der Waals surface area contributed by atoms with Gasteiger partial charge in [0, 0.05) is 36.8 Å². The van der Waals surface area contributed by atoms with Crippen LogP contribution in [0.15, 0.2) is 12.3 Å². The molecule has 0 radical (unpaired) electrons. The largest absolute Gasteiger partial charge is 0.351 e. The number of carbonyl (C=O) groups excluding carboxylic acids is 1. The first-order chi connectivity index (χ1) is 7.63. The molecule has 1 aliphatic heterocycles. The van der Waals surface area contributed by atoms with Gasteiger partial charge in [-0.05, 0) is 25.8 Å². The lowest BCUT2D eigenvalue weighted by molar-refractivity contribution is -0.119. The van der Waals surface area contributed by atoms with E-state index in [9.17, 15) is 4.79 Å². The molecule has 0 bridgehead atoms. The van der Waals surface area contributed by atoms with Crippen molar-refractivity contribution in [3.8, 4) is 0 Å². The first kappa shape index (κ1) is 11.2. The van der Waals surface area contributed by atoms with Crippen molar-refractivity contribution in [1.29, 1.82) is 0 Å². The highest BCUT2D eigenvalue weighted by Gasteiger charge is 2.33. The highest BCUT2D eigenvalue weighted by atomic mass is 16.2. The van der Waals surface area contributed by atoms with Crippen LogP contribution in [0, 0.1) is 0 Å². The van der Waals surface area contributed by atoms with Crippen molar-refractivity contribution in [3.05, 3.63) is 18.0 Å². The van der Waals surface area contributed by atoms with Crippen LogP contribution in [0.1, 0.15) is 38.8 Å². The van der Waals surface area contributed by atoms with Gasteiger partial charge in [-0.3, -0.25) is 9.48 Å². The fourth-order valence-electron chi connectivity index (χ4n) is 2.31. The second-order valence-electron chi connectivity index (χ2n) is 4.83. The van der Waals surface area contributed by atoms with E-state index in [4.69, 9.17) is 0 Å². The van der Waals surface area contributed by atoms with Crippen LogP contribution in [-0.4, -0.2) is 21.2 Å². The van der Waals surface area contributed by atoms with Gasteiger partial charge in [0.15, 0.2) is 0 Å². The third-order valence-corrected chi connectivity index (χ3v) is 3.16. The van der Waals surface area contributed by atoms with Crippen LogP contribution in [-0.2, 0) is 17.8 Å². The molecule has 1 amide bonds. The predicted octanol–water partition coefficient (Wildman–Crippen LogP) is 1.50. The highest BCUT2D eigenvalue weighted by molar-refractivity contribution is 5.79. The molecule has 0 aromatic carbocycles. The molecule has 0 aliphatic carbocycles. The van der Waals surface area contributed by atoms with Crippen LogP contribution < -0.4 is 5.32 Å². The Morgan fingerprint density at radius 3 is 3.06 bits per heavy atom. The molecule has 1 aromatic rings. The number of rotatable bonds is 4. The number of aromatic nitrogens is 2. The van der Waals surface area contributed by atoms with Crippen molar-refractivity contribution in [3.63, 3.8) is 0 Å². The van der Waals surface area contributed by atoms with Crippen molar-refractivity contribution < 1.29 is 4.79 Å². The molecule has 1 saturated heterocycles. The van der Waals surface area contributed by atoms with E-state index in [2.05, 4.69) is 24.3 Å². The fraction of sp³-hybridized carbons (Fsp3) is 0.667. The van der Waals surface area contributed by atoms with E-state index in [0.717, 1.165) is 25.8 Å².